The van der Waals surface area contributed by atoms with Crippen molar-refractivity contribution in [3.05, 3.63) is 12.7 Å². The quantitative estimate of drug-likeness (QED) is 0.549. The molecule has 0 aromatic heterocycles. The van der Waals surface area contributed by atoms with Gasteiger partial charge in [-0.15, -0.1) is 0 Å². The molecule has 104 valence electrons. The molecule has 0 rings (SSSR count). The summed E-state index contributed by atoms with van der Waals surface area (Å²) in [5.74, 6) is -0.630. The predicted octanol–water partition coefficient (Wildman–Crippen LogP) is 0.991. The van der Waals surface area contributed by atoms with Crippen LogP contribution in [0, 0.1) is 0 Å². The Balaban J connectivity index is 4.38. The summed E-state index contributed by atoms with van der Waals surface area (Å²) >= 11 is 0. The summed E-state index contributed by atoms with van der Waals surface area (Å²) in [6.07, 6.45) is 0.757. The van der Waals surface area contributed by atoms with Crippen LogP contribution in [0.2, 0.25) is 0 Å². The molecule has 6 nitrogen and oxygen atoms in total. The minimum atomic E-state index is -0.926. The predicted molar refractivity (Wildman–Crippen MR) is 66.0 cm³/mol. The van der Waals surface area contributed by atoms with Gasteiger partial charge in [-0.2, -0.15) is 0 Å². The molecule has 0 heterocycles. The highest BCUT2D eigenvalue weighted by atomic mass is 16.6. The number of hydrogen-bond donors (Lipinski definition) is 2. The summed E-state index contributed by atoms with van der Waals surface area (Å²) in [5.41, 5.74) is -0.654. The molecule has 0 saturated carbocycles. The van der Waals surface area contributed by atoms with Gasteiger partial charge in [-0.1, -0.05) is 12.7 Å². The number of aliphatic hydroxyl groups excluding tert-OH is 1. The van der Waals surface area contributed by atoms with E-state index in [9.17, 15) is 9.59 Å². The highest BCUT2D eigenvalue weighted by molar-refractivity contribution is 5.81. The van der Waals surface area contributed by atoms with Gasteiger partial charge in [-0.25, -0.2) is 9.59 Å². The van der Waals surface area contributed by atoms with Crippen molar-refractivity contribution in [2.75, 3.05) is 13.2 Å². The summed E-state index contributed by atoms with van der Waals surface area (Å²) in [4.78, 5) is 23.0. The summed E-state index contributed by atoms with van der Waals surface area (Å²) in [6.45, 7) is 8.35. The van der Waals surface area contributed by atoms with Crippen LogP contribution >= 0.6 is 0 Å². The van der Waals surface area contributed by atoms with Gasteiger partial charge in [0.2, 0.25) is 0 Å². The molecule has 0 spiro atoms. The van der Waals surface area contributed by atoms with E-state index in [1.54, 1.807) is 20.8 Å². The van der Waals surface area contributed by atoms with Crippen molar-refractivity contribution in [3.8, 4) is 0 Å². The molecule has 0 aliphatic rings. The highest BCUT2D eigenvalue weighted by Gasteiger charge is 2.24. The van der Waals surface area contributed by atoms with E-state index in [2.05, 4.69) is 11.9 Å². The van der Waals surface area contributed by atoms with Gasteiger partial charge in [-0.05, 0) is 20.8 Å². The molecule has 0 bridgehead atoms. The number of carbonyl (C=O) groups is 2. The summed E-state index contributed by atoms with van der Waals surface area (Å²) in [5, 5.41) is 11.2. The smallest absolute Gasteiger partial charge is 0.408 e. The lowest BCUT2D eigenvalue weighted by Gasteiger charge is -2.22. The number of aliphatic hydroxyl groups is 1. The molecule has 0 saturated heterocycles. The Morgan fingerprint density at radius 1 is 1.44 bits per heavy atom. The minimum Gasteiger partial charge on any atom is -0.460 e. The Kier molecular flexibility index (Phi) is 7.04. The third-order valence-electron chi connectivity index (χ3n) is 1.74. The zero-order valence-corrected chi connectivity index (χ0v) is 11.1. The second-order valence-corrected chi connectivity index (χ2v) is 4.63. The van der Waals surface area contributed by atoms with Crippen molar-refractivity contribution in [2.45, 2.75) is 38.8 Å². The summed E-state index contributed by atoms with van der Waals surface area (Å²) in [6, 6.07) is -0.926. The SMILES string of the molecule is C=CCOC(=O)[C@@H](CCO)NC(=O)OC(C)(C)C. The Morgan fingerprint density at radius 3 is 2.50 bits per heavy atom. The Bertz CT molecular complexity index is 295. The molecule has 1 atom stereocenters. The van der Waals surface area contributed by atoms with Crippen LogP contribution in [0.1, 0.15) is 27.2 Å². The molecule has 0 aliphatic carbocycles. The molecule has 0 aliphatic heterocycles. The molecule has 0 unspecified atom stereocenters. The van der Waals surface area contributed by atoms with Crippen LogP contribution in [0.3, 0.4) is 0 Å². The van der Waals surface area contributed by atoms with E-state index in [0.29, 0.717) is 0 Å². The van der Waals surface area contributed by atoms with Crippen molar-refractivity contribution in [2.24, 2.45) is 0 Å². The summed E-state index contributed by atoms with van der Waals surface area (Å²) in [7, 11) is 0. The lowest BCUT2D eigenvalue weighted by Crippen LogP contribution is -2.44. The van der Waals surface area contributed by atoms with Crippen LogP contribution in [-0.4, -0.2) is 42.0 Å². The molecule has 1 amide bonds. The number of nitrogens with one attached hydrogen (secondary N) is 1. The fourth-order valence-electron chi connectivity index (χ4n) is 1.07. The number of rotatable bonds is 6. The lowest BCUT2D eigenvalue weighted by molar-refractivity contribution is -0.145. The maximum Gasteiger partial charge on any atom is 0.408 e. The fraction of sp³-hybridized carbons (Fsp3) is 0.667. The number of esters is 1. The first kappa shape index (κ1) is 16.4. The zero-order valence-electron chi connectivity index (χ0n) is 11.1. The van der Waals surface area contributed by atoms with Crippen LogP contribution in [0.15, 0.2) is 12.7 Å². The maximum absolute atomic E-state index is 11.5. The van der Waals surface area contributed by atoms with Crippen molar-refractivity contribution < 1.29 is 24.2 Å². The van der Waals surface area contributed by atoms with Crippen LogP contribution < -0.4 is 5.32 Å². The largest absolute Gasteiger partial charge is 0.460 e. The molecule has 0 aromatic carbocycles. The highest BCUT2D eigenvalue weighted by Crippen LogP contribution is 2.07. The van der Waals surface area contributed by atoms with Crippen molar-refractivity contribution >= 4 is 12.1 Å². The average molecular weight is 259 g/mol. The van der Waals surface area contributed by atoms with E-state index in [1.807, 2.05) is 0 Å². The molecule has 0 radical (unpaired) electrons. The number of carbonyl (C=O) groups excluding carboxylic acids is 2. The van der Waals surface area contributed by atoms with Gasteiger partial charge in [0.25, 0.3) is 0 Å². The van der Waals surface area contributed by atoms with Crippen molar-refractivity contribution in [1.29, 1.82) is 0 Å². The molecule has 2 N–H and O–H groups in total. The van der Waals surface area contributed by atoms with Gasteiger partial charge >= 0.3 is 12.1 Å². The van der Waals surface area contributed by atoms with Crippen molar-refractivity contribution in [1.82, 2.24) is 5.32 Å². The topological polar surface area (TPSA) is 84.9 Å². The first-order valence-electron chi connectivity index (χ1n) is 5.68. The van der Waals surface area contributed by atoms with Crippen LogP contribution in [0.5, 0.6) is 0 Å². The van der Waals surface area contributed by atoms with Gasteiger partial charge in [-0.3, -0.25) is 0 Å². The second kappa shape index (κ2) is 7.71. The number of ether oxygens (including phenoxy) is 2. The number of amides is 1. The van der Waals surface area contributed by atoms with E-state index in [4.69, 9.17) is 14.6 Å². The Hall–Kier alpha value is -1.56. The maximum atomic E-state index is 11.5. The monoisotopic (exact) mass is 259 g/mol. The van der Waals surface area contributed by atoms with Gasteiger partial charge in [0.05, 0.1) is 0 Å². The summed E-state index contributed by atoms with van der Waals surface area (Å²) < 4.78 is 9.81. The normalized spacial score (nSPS) is 12.4. The number of hydrogen-bond acceptors (Lipinski definition) is 5. The Morgan fingerprint density at radius 2 is 2.06 bits per heavy atom. The van der Waals surface area contributed by atoms with Gasteiger partial charge in [0.15, 0.2) is 0 Å². The molecule has 6 heteroatoms. The minimum absolute atomic E-state index is 0.0523. The van der Waals surface area contributed by atoms with Crippen LogP contribution in [0.25, 0.3) is 0 Å². The third kappa shape index (κ3) is 7.67. The van der Waals surface area contributed by atoms with Gasteiger partial charge < -0.3 is 19.9 Å². The first-order valence-corrected chi connectivity index (χ1v) is 5.68. The number of alkyl carbamates (subject to hydrolysis) is 1. The second-order valence-electron chi connectivity index (χ2n) is 4.63. The molecule has 18 heavy (non-hydrogen) atoms. The molecular formula is C12H21NO5. The van der Waals surface area contributed by atoms with E-state index in [0.717, 1.165) is 0 Å². The molecule has 0 fully saturated rings. The van der Waals surface area contributed by atoms with E-state index in [1.165, 1.54) is 6.08 Å². The Labute approximate surface area is 107 Å². The lowest BCUT2D eigenvalue weighted by atomic mass is 10.2. The van der Waals surface area contributed by atoms with E-state index < -0.39 is 23.7 Å². The standard InChI is InChI=1S/C12H21NO5/c1-5-8-17-10(15)9(6-7-14)13-11(16)18-12(2,3)4/h5,9,14H,1,6-8H2,2-4H3,(H,13,16)/t9-/m1/s1. The van der Waals surface area contributed by atoms with Gasteiger partial charge in [0.1, 0.15) is 18.2 Å². The average Bonchev–Trinajstić information content (AvgIpc) is 2.22. The first-order chi connectivity index (χ1) is 8.30. The molecular weight excluding hydrogens is 238 g/mol. The van der Waals surface area contributed by atoms with E-state index >= 15 is 0 Å². The van der Waals surface area contributed by atoms with Gasteiger partial charge in [0, 0.05) is 13.0 Å². The van der Waals surface area contributed by atoms with Crippen LogP contribution in [0.4, 0.5) is 4.79 Å². The zero-order chi connectivity index (χ0) is 14.2. The molecule has 0 aromatic rings. The van der Waals surface area contributed by atoms with Crippen molar-refractivity contribution in [3.63, 3.8) is 0 Å². The van der Waals surface area contributed by atoms with Crippen LogP contribution in [-0.2, 0) is 14.3 Å². The van der Waals surface area contributed by atoms with E-state index in [-0.39, 0.29) is 19.6 Å². The fourth-order valence-corrected chi connectivity index (χ4v) is 1.07. The third-order valence-corrected chi connectivity index (χ3v) is 1.74.